The third kappa shape index (κ3) is 3.17. The number of fused-ring (bicyclic) bond motifs is 1. The van der Waals surface area contributed by atoms with E-state index >= 15 is 0 Å². The number of nitriles is 1. The van der Waals surface area contributed by atoms with E-state index < -0.39 is 11.8 Å². The maximum Gasteiger partial charge on any atom is 0.276 e. The Morgan fingerprint density at radius 1 is 1.00 bits per heavy atom. The summed E-state index contributed by atoms with van der Waals surface area (Å²) >= 11 is 0. The Labute approximate surface area is 158 Å². The second-order valence-electron chi connectivity index (χ2n) is 5.79. The first kappa shape index (κ1) is 17.0. The van der Waals surface area contributed by atoms with Crippen LogP contribution in [0.2, 0.25) is 0 Å². The highest BCUT2D eigenvalue weighted by Gasteiger charge is 2.22. The average Bonchev–Trinajstić information content (AvgIpc) is 3.35. The summed E-state index contributed by atoms with van der Waals surface area (Å²) in [7, 11) is 0. The van der Waals surface area contributed by atoms with Crippen molar-refractivity contribution in [3.63, 3.8) is 0 Å². The molecule has 0 aliphatic heterocycles. The van der Waals surface area contributed by atoms with Crippen LogP contribution in [-0.2, 0) is 0 Å². The van der Waals surface area contributed by atoms with Gasteiger partial charge in [0.2, 0.25) is 5.95 Å². The lowest BCUT2D eigenvalue weighted by Gasteiger charge is -2.06. The number of H-pyrrole nitrogens is 2. The number of imidazole rings is 2. The molecule has 0 atom stereocenters. The monoisotopic (exact) mass is 371 g/mol. The minimum absolute atomic E-state index is 0.0209. The van der Waals surface area contributed by atoms with Crippen LogP contribution < -0.4 is 10.6 Å². The van der Waals surface area contributed by atoms with E-state index in [1.165, 1.54) is 6.33 Å². The summed E-state index contributed by atoms with van der Waals surface area (Å²) in [6, 6.07) is 15.9. The summed E-state index contributed by atoms with van der Waals surface area (Å²) in [5.74, 6) is -0.934. The zero-order valence-electron chi connectivity index (χ0n) is 14.4. The number of aromatic nitrogens is 4. The van der Waals surface area contributed by atoms with Gasteiger partial charge >= 0.3 is 0 Å². The summed E-state index contributed by atoms with van der Waals surface area (Å²) in [5.41, 5.74) is 2.00. The maximum atomic E-state index is 12.6. The van der Waals surface area contributed by atoms with Gasteiger partial charge in [0.15, 0.2) is 5.69 Å². The molecule has 2 heterocycles. The third-order valence-corrected chi connectivity index (χ3v) is 4.00. The number of carbonyl (C=O) groups is 2. The standard InChI is InChI=1S/C19H13N7O2/c20-9-11-5-1-2-6-12(11)23-17(27)15-16(22-10-21-15)18(28)26-19-24-13-7-3-4-8-14(13)25-19/h1-8,10H,(H,21,22)(H,23,27)(H2,24,25,26,28). The highest BCUT2D eigenvalue weighted by molar-refractivity contribution is 6.13. The topological polar surface area (TPSA) is 139 Å². The van der Waals surface area contributed by atoms with Crippen LogP contribution >= 0.6 is 0 Å². The maximum absolute atomic E-state index is 12.6. The van der Waals surface area contributed by atoms with Gasteiger partial charge in [-0.25, -0.2) is 9.97 Å². The Morgan fingerprint density at radius 2 is 1.79 bits per heavy atom. The fourth-order valence-electron chi connectivity index (χ4n) is 2.69. The van der Waals surface area contributed by atoms with Gasteiger partial charge in [0.05, 0.1) is 28.6 Å². The van der Waals surface area contributed by atoms with E-state index in [0.717, 1.165) is 5.52 Å². The number of anilines is 2. The Hall–Kier alpha value is -4.45. The Balaban J connectivity index is 1.55. The summed E-state index contributed by atoms with van der Waals surface area (Å²) in [6.45, 7) is 0. The summed E-state index contributed by atoms with van der Waals surface area (Å²) in [4.78, 5) is 39.0. The van der Waals surface area contributed by atoms with Crippen molar-refractivity contribution in [1.29, 1.82) is 5.26 Å². The molecule has 28 heavy (non-hydrogen) atoms. The zero-order valence-corrected chi connectivity index (χ0v) is 14.4. The molecule has 0 unspecified atom stereocenters. The number of benzene rings is 2. The van der Waals surface area contributed by atoms with Crippen molar-refractivity contribution in [2.45, 2.75) is 0 Å². The molecule has 0 saturated heterocycles. The normalized spacial score (nSPS) is 10.4. The first-order chi connectivity index (χ1) is 13.7. The number of amides is 2. The molecular formula is C19H13N7O2. The van der Waals surface area contributed by atoms with Crippen molar-refractivity contribution in [3.05, 3.63) is 71.8 Å². The molecule has 2 aromatic heterocycles. The predicted molar refractivity (Wildman–Crippen MR) is 102 cm³/mol. The van der Waals surface area contributed by atoms with E-state index in [0.29, 0.717) is 16.8 Å². The highest BCUT2D eigenvalue weighted by atomic mass is 16.2. The van der Waals surface area contributed by atoms with Crippen LogP contribution in [0, 0.1) is 11.3 Å². The van der Waals surface area contributed by atoms with Gasteiger partial charge in [0.1, 0.15) is 11.8 Å². The molecule has 0 fully saturated rings. The largest absolute Gasteiger partial charge is 0.340 e. The van der Waals surface area contributed by atoms with Crippen LogP contribution in [0.3, 0.4) is 0 Å². The predicted octanol–water partition coefficient (Wildman–Crippen LogP) is 2.66. The van der Waals surface area contributed by atoms with Gasteiger partial charge in [-0.2, -0.15) is 5.26 Å². The fraction of sp³-hybridized carbons (Fsp3) is 0. The van der Waals surface area contributed by atoms with Gasteiger partial charge in [0, 0.05) is 0 Å². The van der Waals surface area contributed by atoms with E-state index in [9.17, 15) is 9.59 Å². The number of rotatable bonds is 4. The lowest BCUT2D eigenvalue weighted by atomic mass is 10.2. The van der Waals surface area contributed by atoms with Crippen molar-refractivity contribution in [1.82, 2.24) is 19.9 Å². The number of nitrogens with zero attached hydrogens (tertiary/aromatic N) is 3. The molecule has 4 N–H and O–H groups in total. The summed E-state index contributed by atoms with van der Waals surface area (Å²) < 4.78 is 0. The second kappa shape index (κ2) is 7.05. The molecule has 0 saturated carbocycles. The highest BCUT2D eigenvalue weighted by Crippen LogP contribution is 2.17. The lowest BCUT2D eigenvalue weighted by Crippen LogP contribution is -2.21. The van der Waals surface area contributed by atoms with E-state index in [-0.39, 0.29) is 17.3 Å². The molecule has 9 nitrogen and oxygen atoms in total. The van der Waals surface area contributed by atoms with Gasteiger partial charge in [-0.15, -0.1) is 0 Å². The molecule has 0 aliphatic rings. The molecule has 4 aromatic rings. The summed E-state index contributed by atoms with van der Waals surface area (Å²) in [6.07, 6.45) is 1.25. The lowest BCUT2D eigenvalue weighted by molar-refractivity contribution is 0.0985. The van der Waals surface area contributed by atoms with Crippen LogP contribution in [0.1, 0.15) is 26.5 Å². The second-order valence-corrected chi connectivity index (χ2v) is 5.79. The van der Waals surface area contributed by atoms with Gasteiger partial charge in [-0.1, -0.05) is 24.3 Å². The van der Waals surface area contributed by atoms with Crippen molar-refractivity contribution < 1.29 is 9.59 Å². The van der Waals surface area contributed by atoms with Crippen molar-refractivity contribution >= 4 is 34.5 Å². The zero-order chi connectivity index (χ0) is 19.5. The van der Waals surface area contributed by atoms with Crippen molar-refractivity contribution in [3.8, 4) is 6.07 Å². The van der Waals surface area contributed by atoms with Crippen molar-refractivity contribution in [2.75, 3.05) is 10.6 Å². The van der Waals surface area contributed by atoms with E-state index in [4.69, 9.17) is 5.26 Å². The molecule has 2 aromatic carbocycles. The van der Waals surface area contributed by atoms with E-state index in [2.05, 4.69) is 30.6 Å². The number of carbonyl (C=O) groups excluding carboxylic acids is 2. The quantitative estimate of drug-likeness (QED) is 0.437. The minimum Gasteiger partial charge on any atom is -0.340 e. The average molecular weight is 371 g/mol. The number of nitrogens with one attached hydrogen (secondary N) is 4. The first-order valence-electron chi connectivity index (χ1n) is 8.25. The SMILES string of the molecule is N#Cc1ccccc1NC(=O)c1nc[nH]c1C(=O)Nc1nc2ccccc2[nH]1. The molecule has 9 heteroatoms. The van der Waals surface area contributed by atoms with Gasteiger partial charge in [0.25, 0.3) is 11.8 Å². The number of hydrogen-bond donors (Lipinski definition) is 4. The van der Waals surface area contributed by atoms with Crippen LogP contribution in [0.5, 0.6) is 0 Å². The Bertz CT molecular complexity index is 1200. The first-order valence-corrected chi connectivity index (χ1v) is 8.25. The molecule has 0 radical (unpaired) electrons. The number of para-hydroxylation sites is 3. The number of hydrogen-bond acceptors (Lipinski definition) is 5. The fourth-order valence-corrected chi connectivity index (χ4v) is 2.69. The summed E-state index contributed by atoms with van der Waals surface area (Å²) in [5, 5.41) is 14.3. The van der Waals surface area contributed by atoms with Crippen LogP contribution in [0.4, 0.5) is 11.6 Å². The minimum atomic E-state index is -0.612. The molecule has 0 bridgehead atoms. The molecule has 2 amide bonds. The van der Waals surface area contributed by atoms with Gasteiger partial charge < -0.3 is 15.3 Å². The van der Waals surface area contributed by atoms with Gasteiger partial charge in [-0.3, -0.25) is 14.9 Å². The molecule has 0 aliphatic carbocycles. The Morgan fingerprint density at radius 3 is 2.61 bits per heavy atom. The molecule has 136 valence electrons. The van der Waals surface area contributed by atoms with E-state index in [1.807, 2.05) is 30.3 Å². The molecule has 4 rings (SSSR count). The van der Waals surface area contributed by atoms with Crippen LogP contribution in [0.25, 0.3) is 11.0 Å². The van der Waals surface area contributed by atoms with E-state index in [1.54, 1.807) is 24.3 Å². The Kier molecular flexibility index (Phi) is 4.28. The van der Waals surface area contributed by atoms with Crippen molar-refractivity contribution in [2.24, 2.45) is 0 Å². The van der Waals surface area contributed by atoms with Gasteiger partial charge in [-0.05, 0) is 24.3 Å². The smallest absolute Gasteiger partial charge is 0.276 e. The molecule has 0 spiro atoms. The van der Waals surface area contributed by atoms with Crippen LogP contribution in [0.15, 0.2) is 54.9 Å². The van der Waals surface area contributed by atoms with Crippen LogP contribution in [-0.4, -0.2) is 31.8 Å². The molecular weight excluding hydrogens is 358 g/mol. The number of aromatic amines is 2. The third-order valence-electron chi connectivity index (χ3n) is 4.00.